The number of rotatable bonds is 4. The van der Waals surface area contributed by atoms with E-state index in [-0.39, 0.29) is 17.9 Å². The highest BCUT2D eigenvalue weighted by molar-refractivity contribution is 6.05. The molecule has 1 fully saturated rings. The molecule has 2 aromatic carbocycles. The lowest BCUT2D eigenvalue weighted by molar-refractivity contribution is 0.0203. The maximum Gasteiger partial charge on any atom is 0.410 e. The molecule has 0 saturated carbocycles. The van der Waals surface area contributed by atoms with Crippen molar-refractivity contribution >= 4 is 17.7 Å². The standard InChI is InChI=1S/C29H36N4O3/c1-19-7-9-24(10-8-19)33-26(22-11-13-32(14-12-22)28(35)36-29(4,5)6)25(18-30-33)27(34)31-23-16-20(2)15-21(3)17-23/h7-10,15-18,22H,11-14H2,1-6H3,(H,31,34). The van der Waals surface area contributed by atoms with Gasteiger partial charge in [-0.25, -0.2) is 9.48 Å². The molecule has 0 atom stereocenters. The van der Waals surface area contributed by atoms with Crippen LogP contribution < -0.4 is 5.32 Å². The van der Waals surface area contributed by atoms with Crippen LogP contribution in [0.2, 0.25) is 0 Å². The van der Waals surface area contributed by atoms with Gasteiger partial charge in [0.15, 0.2) is 0 Å². The van der Waals surface area contributed by atoms with Gasteiger partial charge in [-0.2, -0.15) is 5.10 Å². The number of ether oxygens (including phenoxy) is 1. The third-order valence-electron chi connectivity index (χ3n) is 6.34. The van der Waals surface area contributed by atoms with E-state index in [4.69, 9.17) is 4.74 Å². The molecule has 0 spiro atoms. The molecular weight excluding hydrogens is 452 g/mol. The normalized spacial score (nSPS) is 14.6. The summed E-state index contributed by atoms with van der Waals surface area (Å²) in [5.41, 5.74) is 5.94. The first-order valence-corrected chi connectivity index (χ1v) is 12.5. The van der Waals surface area contributed by atoms with Gasteiger partial charge in [-0.3, -0.25) is 4.79 Å². The van der Waals surface area contributed by atoms with Gasteiger partial charge in [0, 0.05) is 24.7 Å². The highest BCUT2D eigenvalue weighted by atomic mass is 16.6. The quantitative estimate of drug-likeness (QED) is 0.477. The van der Waals surface area contributed by atoms with E-state index in [0.717, 1.165) is 46.6 Å². The topological polar surface area (TPSA) is 76.5 Å². The Morgan fingerprint density at radius 1 is 0.944 bits per heavy atom. The van der Waals surface area contributed by atoms with Crippen LogP contribution in [-0.4, -0.2) is 45.4 Å². The minimum atomic E-state index is -0.530. The summed E-state index contributed by atoms with van der Waals surface area (Å²) in [6, 6.07) is 14.1. The van der Waals surface area contributed by atoms with Crippen LogP contribution in [0.5, 0.6) is 0 Å². The second-order valence-corrected chi connectivity index (χ2v) is 10.8. The monoisotopic (exact) mass is 488 g/mol. The molecule has 2 heterocycles. The fraction of sp³-hybridized carbons (Fsp3) is 0.414. The summed E-state index contributed by atoms with van der Waals surface area (Å²) < 4.78 is 7.44. The van der Waals surface area contributed by atoms with E-state index in [9.17, 15) is 9.59 Å². The molecule has 36 heavy (non-hydrogen) atoms. The number of benzene rings is 2. The second-order valence-electron chi connectivity index (χ2n) is 10.8. The number of piperidine rings is 1. The molecule has 4 rings (SSSR count). The molecule has 3 aromatic rings. The van der Waals surface area contributed by atoms with Crippen molar-refractivity contribution in [2.75, 3.05) is 18.4 Å². The number of carbonyl (C=O) groups is 2. The van der Waals surface area contributed by atoms with Crippen LogP contribution >= 0.6 is 0 Å². The number of hydrogen-bond donors (Lipinski definition) is 1. The molecule has 1 aliphatic heterocycles. The van der Waals surface area contributed by atoms with E-state index < -0.39 is 5.60 Å². The zero-order chi connectivity index (χ0) is 26.0. The zero-order valence-electron chi connectivity index (χ0n) is 22.1. The molecule has 0 radical (unpaired) electrons. The van der Waals surface area contributed by atoms with E-state index in [1.807, 2.05) is 82.6 Å². The van der Waals surface area contributed by atoms with Crippen molar-refractivity contribution in [2.24, 2.45) is 0 Å². The molecule has 0 unspecified atom stereocenters. The summed E-state index contributed by atoms with van der Waals surface area (Å²) in [4.78, 5) is 27.8. The van der Waals surface area contributed by atoms with Gasteiger partial charge in [0.2, 0.25) is 0 Å². The minimum absolute atomic E-state index is 0.0764. The van der Waals surface area contributed by atoms with Crippen LogP contribution in [0.25, 0.3) is 5.69 Å². The van der Waals surface area contributed by atoms with Crippen molar-refractivity contribution in [3.05, 3.63) is 76.6 Å². The van der Waals surface area contributed by atoms with Crippen LogP contribution in [0.3, 0.4) is 0 Å². The zero-order valence-corrected chi connectivity index (χ0v) is 22.1. The summed E-state index contributed by atoms with van der Waals surface area (Å²) in [7, 11) is 0. The number of aryl methyl sites for hydroxylation is 3. The number of carbonyl (C=O) groups excluding carboxylic acids is 2. The Balaban J connectivity index is 1.62. The van der Waals surface area contributed by atoms with E-state index >= 15 is 0 Å². The van der Waals surface area contributed by atoms with Crippen molar-refractivity contribution < 1.29 is 14.3 Å². The minimum Gasteiger partial charge on any atom is -0.444 e. The average molecular weight is 489 g/mol. The molecular formula is C29H36N4O3. The Kier molecular flexibility index (Phi) is 7.20. The maximum absolute atomic E-state index is 13.5. The van der Waals surface area contributed by atoms with E-state index in [1.165, 1.54) is 0 Å². The van der Waals surface area contributed by atoms with E-state index in [0.29, 0.717) is 18.7 Å². The Morgan fingerprint density at radius 3 is 2.14 bits per heavy atom. The first-order chi connectivity index (χ1) is 17.0. The van der Waals surface area contributed by atoms with E-state index in [2.05, 4.69) is 16.5 Å². The number of aromatic nitrogens is 2. The average Bonchev–Trinajstić information content (AvgIpc) is 3.23. The Bertz CT molecular complexity index is 1230. The van der Waals surface area contributed by atoms with Crippen molar-refractivity contribution in [1.82, 2.24) is 14.7 Å². The number of anilines is 1. The molecule has 190 valence electrons. The summed E-state index contributed by atoms with van der Waals surface area (Å²) in [6.45, 7) is 12.8. The lowest BCUT2D eigenvalue weighted by Crippen LogP contribution is -2.41. The Labute approximate surface area is 213 Å². The predicted molar refractivity (Wildman–Crippen MR) is 142 cm³/mol. The summed E-state index contributed by atoms with van der Waals surface area (Å²) in [5.74, 6) is -0.101. The lowest BCUT2D eigenvalue weighted by Gasteiger charge is -2.34. The van der Waals surface area contributed by atoms with Crippen LogP contribution in [-0.2, 0) is 4.74 Å². The lowest BCUT2D eigenvalue weighted by atomic mass is 9.90. The van der Waals surface area contributed by atoms with Gasteiger partial charge in [-0.15, -0.1) is 0 Å². The molecule has 1 N–H and O–H groups in total. The predicted octanol–water partition coefficient (Wildman–Crippen LogP) is 6.16. The fourth-order valence-corrected chi connectivity index (χ4v) is 4.72. The van der Waals surface area contributed by atoms with Crippen LogP contribution in [0, 0.1) is 20.8 Å². The number of nitrogens with zero attached hydrogens (tertiary/aromatic N) is 3. The van der Waals surface area contributed by atoms with Crippen molar-refractivity contribution in [2.45, 2.75) is 65.9 Å². The molecule has 0 bridgehead atoms. The van der Waals surface area contributed by atoms with Crippen LogP contribution in [0.1, 0.15) is 72.3 Å². The molecule has 1 aromatic heterocycles. The summed E-state index contributed by atoms with van der Waals surface area (Å²) in [5, 5.41) is 7.71. The number of amides is 2. The molecule has 0 aliphatic carbocycles. The fourth-order valence-electron chi connectivity index (χ4n) is 4.72. The number of nitrogens with one attached hydrogen (secondary N) is 1. The third-order valence-corrected chi connectivity index (χ3v) is 6.34. The molecule has 7 nitrogen and oxygen atoms in total. The SMILES string of the molecule is Cc1ccc(-n2ncc(C(=O)Nc3cc(C)cc(C)c3)c2C2CCN(C(=O)OC(C)(C)C)CC2)cc1. The molecule has 7 heteroatoms. The van der Waals surface area contributed by atoms with Gasteiger partial charge in [0.05, 0.1) is 23.1 Å². The van der Waals surface area contributed by atoms with Gasteiger partial charge in [-0.05, 0) is 89.8 Å². The van der Waals surface area contributed by atoms with Gasteiger partial charge in [0.25, 0.3) is 5.91 Å². The largest absolute Gasteiger partial charge is 0.444 e. The molecule has 1 aliphatic rings. The van der Waals surface area contributed by atoms with Crippen molar-refractivity contribution in [3.63, 3.8) is 0 Å². The third kappa shape index (κ3) is 5.96. The number of hydrogen-bond acceptors (Lipinski definition) is 4. The Morgan fingerprint density at radius 2 is 1.56 bits per heavy atom. The first kappa shape index (κ1) is 25.5. The van der Waals surface area contributed by atoms with Gasteiger partial charge in [-0.1, -0.05) is 23.8 Å². The van der Waals surface area contributed by atoms with Crippen molar-refractivity contribution in [3.8, 4) is 5.69 Å². The Hall–Kier alpha value is -3.61. The van der Waals surface area contributed by atoms with Gasteiger partial charge < -0.3 is 15.0 Å². The molecule has 2 amide bonds. The second kappa shape index (κ2) is 10.2. The van der Waals surface area contributed by atoms with Gasteiger partial charge in [0.1, 0.15) is 5.60 Å². The molecule has 1 saturated heterocycles. The smallest absolute Gasteiger partial charge is 0.410 e. The maximum atomic E-state index is 13.5. The first-order valence-electron chi connectivity index (χ1n) is 12.5. The van der Waals surface area contributed by atoms with Gasteiger partial charge >= 0.3 is 6.09 Å². The highest BCUT2D eigenvalue weighted by Gasteiger charge is 2.32. The number of likely N-dealkylation sites (tertiary alicyclic amines) is 1. The highest BCUT2D eigenvalue weighted by Crippen LogP contribution is 2.33. The summed E-state index contributed by atoms with van der Waals surface area (Å²) in [6.07, 6.45) is 2.81. The van der Waals surface area contributed by atoms with Crippen LogP contribution in [0.4, 0.5) is 10.5 Å². The van der Waals surface area contributed by atoms with Crippen molar-refractivity contribution in [1.29, 1.82) is 0 Å². The summed E-state index contributed by atoms with van der Waals surface area (Å²) >= 11 is 0. The van der Waals surface area contributed by atoms with E-state index in [1.54, 1.807) is 11.1 Å². The van der Waals surface area contributed by atoms with Crippen LogP contribution in [0.15, 0.2) is 48.7 Å².